The Morgan fingerprint density at radius 3 is 2.77 bits per heavy atom. The molecule has 3 rings (SSSR count). The van der Waals surface area contributed by atoms with E-state index in [0.717, 1.165) is 0 Å². The smallest absolute Gasteiger partial charge is 0.337 e. The lowest BCUT2D eigenvalue weighted by Gasteiger charge is -2.10. The molecule has 132 valence electrons. The lowest BCUT2D eigenvalue weighted by atomic mass is 10.2. The zero-order chi connectivity index (χ0) is 18.5. The Labute approximate surface area is 154 Å². The predicted octanol–water partition coefficient (Wildman–Crippen LogP) is 4.54. The maximum absolute atomic E-state index is 13.3. The molecule has 0 fully saturated rings. The topological polar surface area (TPSA) is 76.1 Å². The Kier molecular flexibility index (Phi) is 5.28. The van der Waals surface area contributed by atoms with Crippen molar-refractivity contribution in [3.63, 3.8) is 0 Å². The summed E-state index contributed by atoms with van der Waals surface area (Å²) in [5.41, 5.74) is 1.35. The second kappa shape index (κ2) is 7.79. The van der Waals surface area contributed by atoms with E-state index < -0.39 is 5.97 Å². The van der Waals surface area contributed by atoms with Gasteiger partial charge in [0.1, 0.15) is 11.6 Å². The van der Waals surface area contributed by atoms with E-state index in [4.69, 9.17) is 16.3 Å². The average molecular weight is 373 g/mol. The molecule has 0 bridgehead atoms. The summed E-state index contributed by atoms with van der Waals surface area (Å²) in [6, 6.07) is 12.3. The maximum atomic E-state index is 13.3. The number of anilines is 4. The van der Waals surface area contributed by atoms with Gasteiger partial charge in [-0.15, -0.1) is 0 Å². The van der Waals surface area contributed by atoms with Gasteiger partial charge in [0.2, 0.25) is 5.95 Å². The van der Waals surface area contributed by atoms with Crippen molar-refractivity contribution in [1.29, 1.82) is 0 Å². The van der Waals surface area contributed by atoms with Crippen molar-refractivity contribution in [2.75, 3.05) is 17.7 Å². The lowest BCUT2D eigenvalue weighted by molar-refractivity contribution is 0.0601. The van der Waals surface area contributed by atoms with Gasteiger partial charge in [0, 0.05) is 11.9 Å². The summed E-state index contributed by atoms with van der Waals surface area (Å²) < 4.78 is 18.0. The standard InChI is InChI=1S/C18H14ClFN4O2/c1-26-17(25)11-5-6-14(19)15(9-11)23-18-21-8-7-16(24-18)22-13-4-2-3-12(20)10-13/h2-10H,1H3,(H2,21,22,23,24). The minimum Gasteiger partial charge on any atom is -0.465 e. The molecule has 0 saturated heterocycles. The summed E-state index contributed by atoms with van der Waals surface area (Å²) in [5.74, 6) is -0.107. The van der Waals surface area contributed by atoms with E-state index in [-0.39, 0.29) is 11.8 Å². The first-order valence-corrected chi connectivity index (χ1v) is 7.93. The third-order valence-electron chi connectivity index (χ3n) is 3.39. The molecule has 0 aliphatic carbocycles. The Morgan fingerprint density at radius 1 is 1.15 bits per heavy atom. The number of rotatable bonds is 5. The van der Waals surface area contributed by atoms with E-state index in [1.807, 2.05) is 0 Å². The van der Waals surface area contributed by atoms with E-state index in [2.05, 4.69) is 20.6 Å². The van der Waals surface area contributed by atoms with Crippen molar-refractivity contribution >= 4 is 40.7 Å². The molecule has 8 heteroatoms. The fraction of sp³-hybridized carbons (Fsp3) is 0.0556. The van der Waals surface area contributed by atoms with Crippen LogP contribution in [0.4, 0.5) is 27.5 Å². The van der Waals surface area contributed by atoms with Crippen LogP contribution in [0.15, 0.2) is 54.7 Å². The van der Waals surface area contributed by atoms with Gasteiger partial charge in [-0.25, -0.2) is 14.2 Å². The van der Waals surface area contributed by atoms with Crippen molar-refractivity contribution in [1.82, 2.24) is 9.97 Å². The zero-order valence-corrected chi connectivity index (χ0v) is 14.4. The van der Waals surface area contributed by atoms with Crippen LogP contribution in [-0.4, -0.2) is 23.0 Å². The number of benzene rings is 2. The lowest BCUT2D eigenvalue weighted by Crippen LogP contribution is -2.04. The minimum absolute atomic E-state index is 0.260. The molecule has 26 heavy (non-hydrogen) atoms. The highest BCUT2D eigenvalue weighted by atomic mass is 35.5. The van der Waals surface area contributed by atoms with Gasteiger partial charge in [-0.2, -0.15) is 4.98 Å². The Hall–Kier alpha value is -3.19. The Balaban J connectivity index is 1.82. The molecule has 1 heterocycles. The summed E-state index contributed by atoms with van der Waals surface area (Å²) in [4.78, 5) is 20.1. The third kappa shape index (κ3) is 4.25. The van der Waals surface area contributed by atoms with Gasteiger partial charge in [-0.1, -0.05) is 17.7 Å². The summed E-state index contributed by atoms with van der Waals surface area (Å²) in [6.07, 6.45) is 1.54. The van der Waals surface area contributed by atoms with Crippen LogP contribution in [0, 0.1) is 5.82 Å². The largest absolute Gasteiger partial charge is 0.465 e. The second-order valence-electron chi connectivity index (χ2n) is 5.21. The van der Waals surface area contributed by atoms with Crippen molar-refractivity contribution in [3.8, 4) is 0 Å². The minimum atomic E-state index is -0.479. The molecular weight excluding hydrogens is 359 g/mol. The molecule has 2 N–H and O–H groups in total. The number of carbonyl (C=O) groups is 1. The summed E-state index contributed by atoms with van der Waals surface area (Å²) in [6.45, 7) is 0. The molecule has 0 unspecified atom stereocenters. The highest BCUT2D eigenvalue weighted by Gasteiger charge is 2.10. The SMILES string of the molecule is COC(=O)c1ccc(Cl)c(Nc2nccc(Nc3cccc(F)c3)n2)c1. The maximum Gasteiger partial charge on any atom is 0.337 e. The second-order valence-corrected chi connectivity index (χ2v) is 5.62. The Bertz CT molecular complexity index is 952. The molecule has 0 radical (unpaired) electrons. The number of hydrogen-bond acceptors (Lipinski definition) is 6. The average Bonchev–Trinajstić information content (AvgIpc) is 2.63. The van der Waals surface area contributed by atoms with Crippen LogP contribution in [0.5, 0.6) is 0 Å². The van der Waals surface area contributed by atoms with Gasteiger partial charge in [-0.05, 0) is 42.5 Å². The van der Waals surface area contributed by atoms with Crippen LogP contribution in [-0.2, 0) is 4.74 Å². The van der Waals surface area contributed by atoms with Gasteiger partial charge in [0.05, 0.1) is 23.4 Å². The van der Waals surface area contributed by atoms with Crippen LogP contribution >= 0.6 is 11.6 Å². The van der Waals surface area contributed by atoms with Gasteiger partial charge in [0.25, 0.3) is 0 Å². The first-order chi connectivity index (χ1) is 12.5. The molecule has 3 aromatic rings. The predicted molar refractivity (Wildman–Crippen MR) is 97.8 cm³/mol. The first kappa shape index (κ1) is 17.6. The monoisotopic (exact) mass is 372 g/mol. The number of esters is 1. The van der Waals surface area contributed by atoms with E-state index in [1.165, 1.54) is 25.4 Å². The molecule has 2 aromatic carbocycles. The fourth-order valence-electron chi connectivity index (χ4n) is 2.19. The molecular formula is C18H14ClFN4O2. The molecule has 0 aliphatic rings. The van der Waals surface area contributed by atoms with Gasteiger partial charge in [0.15, 0.2) is 0 Å². The fourth-order valence-corrected chi connectivity index (χ4v) is 2.35. The van der Waals surface area contributed by atoms with Gasteiger partial charge in [-0.3, -0.25) is 0 Å². The van der Waals surface area contributed by atoms with Gasteiger partial charge >= 0.3 is 5.97 Å². The highest BCUT2D eigenvalue weighted by Crippen LogP contribution is 2.26. The number of hydrogen-bond donors (Lipinski definition) is 2. The third-order valence-corrected chi connectivity index (χ3v) is 3.72. The van der Waals surface area contributed by atoms with E-state index >= 15 is 0 Å². The van der Waals surface area contributed by atoms with Crippen molar-refractivity contribution in [3.05, 3.63) is 71.1 Å². The van der Waals surface area contributed by atoms with Crippen LogP contribution in [0.2, 0.25) is 5.02 Å². The number of nitrogens with one attached hydrogen (secondary N) is 2. The molecule has 0 amide bonds. The van der Waals surface area contributed by atoms with E-state index in [9.17, 15) is 9.18 Å². The molecule has 0 aliphatic heterocycles. The summed E-state index contributed by atoms with van der Waals surface area (Å²) in [7, 11) is 1.30. The molecule has 0 atom stereocenters. The van der Waals surface area contributed by atoms with Crippen molar-refractivity contribution < 1.29 is 13.9 Å². The number of nitrogens with zero attached hydrogens (tertiary/aromatic N) is 2. The summed E-state index contributed by atoms with van der Waals surface area (Å²) >= 11 is 6.15. The van der Waals surface area contributed by atoms with Gasteiger partial charge < -0.3 is 15.4 Å². The number of halogens is 2. The van der Waals surface area contributed by atoms with Crippen LogP contribution in [0.3, 0.4) is 0 Å². The number of methoxy groups -OCH3 is 1. The number of aromatic nitrogens is 2. The Morgan fingerprint density at radius 2 is 2.00 bits per heavy atom. The summed E-state index contributed by atoms with van der Waals surface area (Å²) in [5, 5.41) is 6.33. The highest BCUT2D eigenvalue weighted by molar-refractivity contribution is 6.33. The van der Waals surface area contributed by atoms with Crippen LogP contribution in [0.25, 0.3) is 0 Å². The molecule has 0 saturated carbocycles. The normalized spacial score (nSPS) is 10.3. The first-order valence-electron chi connectivity index (χ1n) is 7.55. The quantitative estimate of drug-likeness (QED) is 0.640. The van der Waals surface area contributed by atoms with Crippen molar-refractivity contribution in [2.24, 2.45) is 0 Å². The van der Waals surface area contributed by atoms with E-state index in [0.29, 0.717) is 27.8 Å². The number of carbonyl (C=O) groups excluding carboxylic acids is 1. The van der Waals surface area contributed by atoms with E-state index in [1.54, 1.807) is 36.4 Å². The van der Waals surface area contributed by atoms with Crippen LogP contribution < -0.4 is 10.6 Å². The molecule has 6 nitrogen and oxygen atoms in total. The van der Waals surface area contributed by atoms with Crippen LogP contribution in [0.1, 0.15) is 10.4 Å². The van der Waals surface area contributed by atoms with Crippen molar-refractivity contribution in [2.45, 2.75) is 0 Å². The molecule has 0 spiro atoms. The molecule has 1 aromatic heterocycles. The zero-order valence-electron chi connectivity index (χ0n) is 13.7. The number of ether oxygens (including phenoxy) is 1.